The molecule has 1 aromatic heterocycles. The number of amides is 1. The molecule has 0 unspecified atom stereocenters. The zero-order valence-electron chi connectivity index (χ0n) is 14.0. The van der Waals surface area contributed by atoms with E-state index in [4.69, 9.17) is 9.47 Å². The number of pyridine rings is 1. The van der Waals surface area contributed by atoms with Gasteiger partial charge in [-0.2, -0.15) is 0 Å². The van der Waals surface area contributed by atoms with Crippen LogP contribution in [0.5, 0.6) is 5.88 Å². The fourth-order valence-corrected chi connectivity index (χ4v) is 2.19. The summed E-state index contributed by atoms with van der Waals surface area (Å²) in [6.45, 7) is 2.90. The van der Waals surface area contributed by atoms with Crippen molar-refractivity contribution in [2.45, 2.75) is 12.5 Å². The number of hydrogen-bond donors (Lipinski definition) is 0. The van der Waals surface area contributed by atoms with Gasteiger partial charge in [-0.15, -0.1) is 0 Å². The largest absolute Gasteiger partial charge is 0.416 e. The number of halogens is 1. The molecule has 0 saturated carbocycles. The Bertz CT molecular complexity index is 836. The van der Waals surface area contributed by atoms with Gasteiger partial charge in [-0.05, 0) is 31.2 Å². The van der Waals surface area contributed by atoms with Crippen LogP contribution >= 0.6 is 0 Å². The van der Waals surface area contributed by atoms with Crippen LogP contribution in [-0.4, -0.2) is 41.8 Å². The highest BCUT2D eigenvalue weighted by molar-refractivity contribution is 5.71. The van der Waals surface area contributed by atoms with Gasteiger partial charge in [0.15, 0.2) is 0 Å². The van der Waals surface area contributed by atoms with Crippen LogP contribution in [-0.2, 0) is 4.74 Å². The average Bonchev–Trinajstić information content (AvgIpc) is 2.58. The highest BCUT2D eigenvalue weighted by atomic mass is 19.1. The predicted octanol–water partition coefficient (Wildman–Crippen LogP) is 2.84. The fraction of sp³-hybridized carbons (Fsp3) is 0.263. The van der Waals surface area contributed by atoms with Crippen LogP contribution in [0.2, 0.25) is 0 Å². The van der Waals surface area contributed by atoms with Crippen LogP contribution < -0.4 is 4.74 Å². The van der Waals surface area contributed by atoms with E-state index >= 15 is 0 Å². The van der Waals surface area contributed by atoms with Gasteiger partial charge in [0.25, 0.3) is 0 Å². The Hall–Kier alpha value is -2.91. The molecule has 1 fully saturated rings. The molecular weight excluding hydrogens is 323 g/mol. The number of ether oxygens (including phenoxy) is 2. The molecule has 1 saturated heterocycles. The molecule has 0 spiro atoms. The standard InChI is InChI=1S/C19H17FN2O3/c1-19(12-24-13-19)22(2)18(23)25-17-9-8-15(11-21-17)7-6-14-4-3-5-16(20)10-14/h3-5,8-11H,12-13H2,1-2H3. The molecule has 0 atom stereocenters. The lowest BCUT2D eigenvalue weighted by Crippen LogP contribution is -2.61. The summed E-state index contributed by atoms with van der Waals surface area (Å²) >= 11 is 0. The van der Waals surface area contributed by atoms with Crippen LogP contribution in [0.3, 0.4) is 0 Å². The second-order valence-corrected chi connectivity index (χ2v) is 6.06. The minimum absolute atomic E-state index is 0.192. The number of benzene rings is 1. The Labute approximate surface area is 145 Å². The van der Waals surface area contributed by atoms with E-state index in [1.165, 1.54) is 23.2 Å². The molecule has 1 aliphatic heterocycles. The van der Waals surface area contributed by atoms with E-state index in [1.54, 1.807) is 31.3 Å². The second kappa shape index (κ2) is 6.91. The summed E-state index contributed by atoms with van der Waals surface area (Å²) in [5.41, 5.74) is 0.873. The fourth-order valence-electron chi connectivity index (χ4n) is 2.19. The van der Waals surface area contributed by atoms with Crippen molar-refractivity contribution in [3.63, 3.8) is 0 Å². The molecule has 0 N–H and O–H groups in total. The quantitative estimate of drug-likeness (QED) is 0.789. The van der Waals surface area contributed by atoms with Crippen molar-refractivity contribution in [2.24, 2.45) is 0 Å². The van der Waals surface area contributed by atoms with Crippen molar-refractivity contribution >= 4 is 6.09 Å². The lowest BCUT2D eigenvalue weighted by atomic mass is 9.99. The highest BCUT2D eigenvalue weighted by Gasteiger charge is 2.41. The maximum absolute atomic E-state index is 13.1. The normalized spacial score (nSPS) is 14.7. The molecule has 2 aromatic rings. The summed E-state index contributed by atoms with van der Waals surface area (Å²) in [7, 11) is 1.67. The molecule has 5 nitrogen and oxygen atoms in total. The van der Waals surface area contributed by atoms with E-state index in [2.05, 4.69) is 16.8 Å². The molecule has 0 bridgehead atoms. The van der Waals surface area contributed by atoms with E-state index in [-0.39, 0.29) is 17.2 Å². The molecule has 0 radical (unpaired) electrons. The van der Waals surface area contributed by atoms with Crippen molar-refractivity contribution in [3.05, 3.63) is 59.5 Å². The zero-order chi connectivity index (χ0) is 17.9. The van der Waals surface area contributed by atoms with Crippen molar-refractivity contribution in [2.75, 3.05) is 20.3 Å². The SMILES string of the molecule is CN(C(=O)Oc1ccc(C#Cc2cccc(F)c2)cn1)C1(C)COC1. The number of likely N-dealkylation sites (N-methyl/N-ethyl adjacent to an activating group) is 1. The van der Waals surface area contributed by atoms with Crippen LogP contribution in [0.1, 0.15) is 18.1 Å². The van der Waals surface area contributed by atoms with E-state index < -0.39 is 6.09 Å². The lowest BCUT2D eigenvalue weighted by Gasteiger charge is -2.44. The third kappa shape index (κ3) is 3.95. The first-order chi connectivity index (χ1) is 12.0. The molecule has 6 heteroatoms. The molecule has 0 aliphatic carbocycles. The molecule has 1 aliphatic rings. The number of hydrogen-bond acceptors (Lipinski definition) is 4. The zero-order valence-corrected chi connectivity index (χ0v) is 14.0. The Kier molecular flexibility index (Phi) is 4.68. The monoisotopic (exact) mass is 340 g/mol. The first kappa shape index (κ1) is 16.9. The van der Waals surface area contributed by atoms with Gasteiger partial charge in [0.2, 0.25) is 5.88 Å². The van der Waals surface area contributed by atoms with Crippen molar-refractivity contribution < 1.29 is 18.7 Å². The Morgan fingerprint density at radius 2 is 2.04 bits per heavy atom. The first-order valence-corrected chi connectivity index (χ1v) is 7.73. The van der Waals surface area contributed by atoms with Gasteiger partial charge < -0.3 is 14.4 Å². The van der Waals surface area contributed by atoms with Crippen molar-refractivity contribution in [1.29, 1.82) is 0 Å². The third-order valence-electron chi connectivity index (χ3n) is 4.01. The van der Waals surface area contributed by atoms with Gasteiger partial charge >= 0.3 is 6.09 Å². The highest BCUT2D eigenvalue weighted by Crippen LogP contribution is 2.23. The molecule has 25 heavy (non-hydrogen) atoms. The van der Waals surface area contributed by atoms with E-state index in [9.17, 15) is 9.18 Å². The predicted molar refractivity (Wildman–Crippen MR) is 89.6 cm³/mol. The van der Waals surface area contributed by atoms with Crippen LogP contribution in [0.15, 0.2) is 42.6 Å². The summed E-state index contributed by atoms with van der Waals surface area (Å²) in [6, 6.07) is 9.31. The number of carbonyl (C=O) groups is 1. The third-order valence-corrected chi connectivity index (χ3v) is 4.01. The summed E-state index contributed by atoms with van der Waals surface area (Å²) < 4.78 is 23.5. The van der Waals surface area contributed by atoms with Gasteiger partial charge in [0, 0.05) is 30.4 Å². The van der Waals surface area contributed by atoms with Gasteiger partial charge in [-0.1, -0.05) is 17.9 Å². The molecule has 2 heterocycles. The average molecular weight is 340 g/mol. The second-order valence-electron chi connectivity index (χ2n) is 6.06. The molecular formula is C19H17FN2O3. The Morgan fingerprint density at radius 3 is 2.64 bits per heavy atom. The van der Waals surface area contributed by atoms with Crippen molar-refractivity contribution in [3.8, 4) is 17.7 Å². The van der Waals surface area contributed by atoms with Gasteiger partial charge in [-0.25, -0.2) is 14.2 Å². The van der Waals surface area contributed by atoms with Gasteiger partial charge in [-0.3, -0.25) is 0 Å². The molecule has 128 valence electrons. The maximum Gasteiger partial charge on any atom is 0.416 e. The molecule has 3 rings (SSSR count). The number of rotatable bonds is 2. The summed E-state index contributed by atoms with van der Waals surface area (Å²) in [6.07, 6.45) is 1.01. The molecule has 1 aromatic carbocycles. The van der Waals surface area contributed by atoms with E-state index in [0.717, 1.165) is 0 Å². The van der Waals surface area contributed by atoms with E-state index in [0.29, 0.717) is 24.3 Å². The van der Waals surface area contributed by atoms with Crippen LogP contribution in [0, 0.1) is 17.7 Å². The minimum atomic E-state index is -0.489. The minimum Gasteiger partial charge on any atom is -0.391 e. The van der Waals surface area contributed by atoms with Gasteiger partial charge in [0.1, 0.15) is 5.82 Å². The summed E-state index contributed by atoms with van der Waals surface area (Å²) in [4.78, 5) is 17.7. The van der Waals surface area contributed by atoms with Gasteiger partial charge in [0.05, 0.1) is 18.8 Å². The smallest absolute Gasteiger partial charge is 0.391 e. The van der Waals surface area contributed by atoms with E-state index in [1.807, 2.05) is 6.92 Å². The lowest BCUT2D eigenvalue weighted by molar-refractivity contribution is -0.110. The summed E-state index contributed by atoms with van der Waals surface area (Å²) in [5.74, 6) is 5.60. The maximum atomic E-state index is 13.1. The Morgan fingerprint density at radius 1 is 1.28 bits per heavy atom. The summed E-state index contributed by atoms with van der Waals surface area (Å²) in [5, 5.41) is 0. The number of nitrogens with zero attached hydrogens (tertiary/aromatic N) is 2. The number of aromatic nitrogens is 1. The Balaban J connectivity index is 1.64. The molecule has 1 amide bonds. The van der Waals surface area contributed by atoms with Crippen LogP contribution in [0.4, 0.5) is 9.18 Å². The first-order valence-electron chi connectivity index (χ1n) is 7.73. The topological polar surface area (TPSA) is 51.7 Å². The van der Waals surface area contributed by atoms with Crippen molar-refractivity contribution in [1.82, 2.24) is 9.88 Å². The van der Waals surface area contributed by atoms with Crippen LogP contribution in [0.25, 0.3) is 0 Å². The number of carbonyl (C=O) groups excluding carboxylic acids is 1.